The Morgan fingerprint density at radius 2 is 2.05 bits per heavy atom. The second kappa shape index (κ2) is 5.66. The molecule has 0 fully saturated rings. The monoisotopic (exact) mass is 285 g/mol. The number of aromatic hydroxyl groups is 2. The van der Waals surface area contributed by atoms with Gasteiger partial charge in [0.2, 0.25) is 5.95 Å². The molecule has 0 spiro atoms. The van der Waals surface area contributed by atoms with Crippen molar-refractivity contribution in [2.45, 2.75) is 12.8 Å². The van der Waals surface area contributed by atoms with Crippen LogP contribution in [0.2, 0.25) is 0 Å². The van der Waals surface area contributed by atoms with E-state index in [1.54, 1.807) is 24.7 Å². The first-order valence-electron chi connectivity index (χ1n) is 6.63. The van der Waals surface area contributed by atoms with Gasteiger partial charge in [0.25, 0.3) is 0 Å². The highest BCUT2D eigenvalue weighted by Gasteiger charge is 2.02. The lowest BCUT2D eigenvalue weighted by atomic mass is 10.1. The van der Waals surface area contributed by atoms with Gasteiger partial charge >= 0.3 is 0 Å². The Kier molecular flexibility index (Phi) is 3.55. The Labute approximate surface area is 120 Å². The maximum atomic E-state index is 9.42. The molecule has 7 heteroatoms. The molecule has 0 saturated heterocycles. The third-order valence-corrected chi connectivity index (χ3v) is 3.14. The third-order valence-electron chi connectivity index (χ3n) is 3.14. The van der Waals surface area contributed by atoms with E-state index in [2.05, 4.69) is 25.3 Å². The van der Waals surface area contributed by atoms with Gasteiger partial charge < -0.3 is 20.5 Å². The molecule has 3 rings (SSSR count). The Bertz CT molecular complexity index is 756. The molecule has 0 atom stereocenters. The summed E-state index contributed by atoms with van der Waals surface area (Å²) in [5.74, 6) is 0.355. The van der Waals surface area contributed by atoms with Crippen molar-refractivity contribution in [2.75, 3.05) is 11.9 Å². The summed E-state index contributed by atoms with van der Waals surface area (Å²) >= 11 is 0. The van der Waals surface area contributed by atoms with Crippen molar-refractivity contribution in [3.05, 3.63) is 36.3 Å². The molecule has 0 aliphatic heterocycles. The number of anilines is 1. The van der Waals surface area contributed by atoms with E-state index in [4.69, 9.17) is 0 Å². The van der Waals surface area contributed by atoms with E-state index in [0.29, 0.717) is 18.1 Å². The van der Waals surface area contributed by atoms with Gasteiger partial charge in [0, 0.05) is 6.54 Å². The summed E-state index contributed by atoms with van der Waals surface area (Å²) in [5.41, 5.74) is 2.41. The first-order chi connectivity index (χ1) is 10.2. The second-order valence-electron chi connectivity index (χ2n) is 4.69. The van der Waals surface area contributed by atoms with Crippen LogP contribution >= 0.6 is 0 Å². The van der Waals surface area contributed by atoms with Gasteiger partial charge in [0.1, 0.15) is 5.52 Å². The third kappa shape index (κ3) is 3.02. The van der Waals surface area contributed by atoms with Crippen LogP contribution in [0.3, 0.4) is 0 Å². The number of aromatic amines is 1. The van der Waals surface area contributed by atoms with E-state index in [9.17, 15) is 10.2 Å². The van der Waals surface area contributed by atoms with Gasteiger partial charge in [0.05, 0.1) is 12.5 Å². The fraction of sp³-hybridized carbons (Fsp3) is 0.214. The molecule has 4 N–H and O–H groups in total. The zero-order chi connectivity index (χ0) is 14.7. The summed E-state index contributed by atoms with van der Waals surface area (Å²) in [4.78, 5) is 15.5. The summed E-state index contributed by atoms with van der Waals surface area (Å²) in [6, 6.07) is 4.86. The molecular formula is C14H15N5O2. The van der Waals surface area contributed by atoms with Crippen molar-refractivity contribution >= 4 is 17.1 Å². The minimum absolute atomic E-state index is 0.0900. The highest BCUT2D eigenvalue weighted by molar-refractivity contribution is 5.69. The van der Waals surface area contributed by atoms with Gasteiger partial charge in [-0.25, -0.2) is 9.97 Å². The van der Waals surface area contributed by atoms with Crippen molar-refractivity contribution in [1.82, 2.24) is 19.9 Å². The summed E-state index contributed by atoms with van der Waals surface area (Å²) in [5, 5.41) is 21.8. The molecule has 3 aromatic rings. The van der Waals surface area contributed by atoms with E-state index in [-0.39, 0.29) is 11.5 Å². The lowest BCUT2D eigenvalue weighted by Gasteiger charge is -2.05. The van der Waals surface area contributed by atoms with Crippen molar-refractivity contribution < 1.29 is 10.2 Å². The minimum Gasteiger partial charge on any atom is -0.504 e. The molecule has 0 aliphatic rings. The SMILES string of the molecule is Oc1ccc(CCCNc2ncc3[nH]cnc3n2)cc1O. The van der Waals surface area contributed by atoms with Crippen LogP contribution in [0.1, 0.15) is 12.0 Å². The maximum absolute atomic E-state index is 9.42. The Morgan fingerprint density at radius 3 is 2.90 bits per heavy atom. The molecule has 0 unspecified atom stereocenters. The molecule has 0 radical (unpaired) electrons. The number of nitrogens with one attached hydrogen (secondary N) is 2. The average molecular weight is 285 g/mol. The number of hydrogen-bond acceptors (Lipinski definition) is 6. The fourth-order valence-electron chi connectivity index (χ4n) is 2.04. The maximum Gasteiger partial charge on any atom is 0.224 e. The highest BCUT2D eigenvalue weighted by atomic mass is 16.3. The zero-order valence-corrected chi connectivity index (χ0v) is 11.2. The quantitative estimate of drug-likeness (QED) is 0.421. The first-order valence-corrected chi connectivity index (χ1v) is 6.63. The van der Waals surface area contributed by atoms with Gasteiger partial charge in [-0.3, -0.25) is 0 Å². The number of aryl methyl sites for hydroxylation is 1. The summed E-state index contributed by atoms with van der Waals surface area (Å²) in [6.07, 6.45) is 4.91. The van der Waals surface area contributed by atoms with Crippen LogP contribution in [0.15, 0.2) is 30.7 Å². The molecule has 21 heavy (non-hydrogen) atoms. The van der Waals surface area contributed by atoms with Crippen LogP contribution in [0.5, 0.6) is 11.5 Å². The van der Waals surface area contributed by atoms with E-state index in [1.165, 1.54) is 6.07 Å². The summed E-state index contributed by atoms with van der Waals surface area (Å²) in [7, 11) is 0. The van der Waals surface area contributed by atoms with E-state index < -0.39 is 0 Å². The van der Waals surface area contributed by atoms with Gasteiger partial charge in [-0.15, -0.1) is 0 Å². The number of fused-ring (bicyclic) bond motifs is 1. The second-order valence-corrected chi connectivity index (χ2v) is 4.69. The molecule has 1 aromatic carbocycles. The number of phenols is 2. The largest absolute Gasteiger partial charge is 0.504 e. The standard InChI is InChI=1S/C14H15N5O2/c20-11-4-3-9(6-12(11)21)2-1-5-15-14-16-7-10-13(19-14)18-8-17-10/h3-4,6-8,20-21H,1-2,5H2,(H2,15,16,17,18,19). The van der Waals surface area contributed by atoms with Crippen molar-refractivity contribution in [3.63, 3.8) is 0 Å². The average Bonchev–Trinajstić information content (AvgIpc) is 2.95. The molecule has 2 aromatic heterocycles. The van der Waals surface area contributed by atoms with Gasteiger partial charge in [-0.1, -0.05) is 6.07 Å². The van der Waals surface area contributed by atoms with Crippen molar-refractivity contribution in [3.8, 4) is 11.5 Å². The summed E-state index contributed by atoms with van der Waals surface area (Å²) < 4.78 is 0. The smallest absolute Gasteiger partial charge is 0.224 e. The first kappa shape index (κ1) is 13.2. The number of phenolic OH excluding ortho intramolecular Hbond substituents is 2. The van der Waals surface area contributed by atoms with Crippen LogP contribution in [0.25, 0.3) is 11.2 Å². The molecule has 0 aliphatic carbocycles. The van der Waals surface area contributed by atoms with E-state index in [1.807, 2.05) is 0 Å². The van der Waals surface area contributed by atoms with Crippen LogP contribution in [-0.2, 0) is 6.42 Å². The van der Waals surface area contributed by atoms with Gasteiger partial charge in [-0.2, -0.15) is 4.98 Å². The molecule has 0 saturated carbocycles. The predicted octanol–water partition coefficient (Wildman–Crippen LogP) is 1.81. The molecular weight excluding hydrogens is 270 g/mol. The van der Waals surface area contributed by atoms with Crippen LogP contribution in [0, 0.1) is 0 Å². The molecule has 7 nitrogen and oxygen atoms in total. The Morgan fingerprint density at radius 1 is 1.14 bits per heavy atom. The van der Waals surface area contributed by atoms with Crippen LogP contribution < -0.4 is 5.32 Å². The number of imidazole rings is 1. The number of nitrogens with zero attached hydrogens (tertiary/aromatic N) is 3. The summed E-state index contributed by atoms with van der Waals surface area (Å²) in [6.45, 7) is 0.706. The topological polar surface area (TPSA) is 107 Å². The molecule has 108 valence electrons. The molecule has 0 bridgehead atoms. The van der Waals surface area contributed by atoms with Gasteiger partial charge in [0.15, 0.2) is 17.1 Å². The minimum atomic E-state index is -0.0995. The fourth-order valence-corrected chi connectivity index (χ4v) is 2.04. The number of hydrogen-bond donors (Lipinski definition) is 4. The van der Waals surface area contributed by atoms with Crippen LogP contribution in [-0.4, -0.2) is 36.7 Å². The zero-order valence-electron chi connectivity index (χ0n) is 11.2. The molecule has 2 heterocycles. The Balaban J connectivity index is 1.52. The van der Waals surface area contributed by atoms with Gasteiger partial charge in [-0.05, 0) is 30.5 Å². The normalized spacial score (nSPS) is 10.9. The predicted molar refractivity (Wildman–Crippen MR) is 78.3 cm³/mol. The number of H-pyrrole nitrogens is 1. The van der Waals surface area contributed by atoms with E-state index >= 15 is 0 Å². The lowest BCUT2D eigenvalue weighted by molar-refractivity contribution is 0.403. The van der Waals surface area contributed by atoms with Crippen molar-refractivity contribution in [2.24, 2.45) is 0 Å². The number of aromatic nitrogens is 4. The van der Waals surface area contributed by atoms with Crippen LogP contribution in [0.4, 0.5) is 5.95 Å². The van der Waals surface area contributed by atoms with E-state index in [0.717, 1.165) is 23.9 Å². The molecule has 0 amide bonds. The number of rotatable bonds is 5. The Hall–Kier alpha value is -2.83. The highest BCUT2D eigenvalue weighted by Crippen LogP contribution is 2.25. The van der Waals surface area contributed by atoms with Crippen molar-refractivity contribution in [1.29, 1.82) is 0 Å². The number of benzene rings is 1. The lowest BCUT2D eigenvalue weighted by Crippen LogP contribution is -2.06.